The molecular weight excluding hydrogens is 422 g/mol. The molecule has 0 fully saturated rings. The maximum absolute atomic E-state index is 13.7. The van der Waals surface area contributed by atoms with Crippen LogP contribution in [-0.4, -0.2) is 43.8 Å². The van der Waals surface area contributed by atoms with Gasteiger partial charge in [-0.15, -0.1) is 0 Å². The number of hydrogen-bond acceptors (Lipinski definition) is 4. The molecule has 3 aromatic rings. The number of hydrogen-bond donors (Lipinski definition) is 0. The molecule has 0 atom stereocenters. The Labute approximate surface area is 190 Å². The van der Waals surface area contributed by atoms with Gasteiger partial charge in [-0.05, 0) is 61.2 Å². The van der Waals surface area contributed by atoms with Crippen molar-refractivity contribution < 1.29 is 13.2 Å². The number of pyridine rings is 1. The van der Waals surface area contributed by atoms with E-state index in [1.165, 1.54) is 4.31 Å². The lowest BCUT2D eigenvalue weighted by Gasteiger charge is -2.28. The molecule has 0 spiro atoms. The van der Waals surface area contributed by atoms with Crippen molar-refractivity contribution in [3.63, 3.8) is 0 Å². The summed E-state index contributed by atoms with van der Waals surface area (Å²) >= 11 is 0. The fraction of sp³-hybridized carbons (Fsp3) is 0.360. The van der Waals surface area contributed by atoms with E-state index < -0.39 is 10.0 Å². The quantitative estimate of drug-likeness (QED) is 0.524. The lowest BCUT2D eigenvalue weighted by molar-refractivity contribution is -0.129. The first kappa shape index (κ1) is 23.7. The van der Waals surface area contributed by atoms with Crippen molar-refractivity contribution >= 4 is 32.5 Å². The van der Waals surface area contributed by atoms with Gasteiger partial charge in [0.1, 0.15) is 6.54 Å². The van der Waals surface area contributed by atoms with Gasteiger partial charge in [-0.3, -0.25) is 14.1 Å². The molecule has 3 rings (SSSR count). The third-order valence-corrected chi connectivity index (χ3v) is 7.37. The molecule has 1 aromatic heterocycles. The zero-order valence-electron chi connectivity index (χ0n) is 19.4. The van der Waals surface area contributed by atoms with E-state index in [0.29, 0.717) is 18.8 Å². The highest BCUT2D eigenvalue weighted by atomic mass is 32.2. The lowest BCUT2D eigenvalue weighted by Crippen LogP contribution is -2.43. The van der Waals surface area contributed by atoms with Crippen LogP contribution >= 0.6 is 0 Å². The lowest BCUT2D eigenvalue weighted by atomic mass is 9.87. The van der Waals surface area contributed by atoms with Gasteiger partial charge in [0, 0.05) is 24.7 Å². The minimum absolute atomic E-state index is 0.0912. The maximum Gasteiger partial charge on any atom is 0.264 e. The highest BCUT2D eigenvalue weighted by molar-refractivity contribution is 7.92. The van der Waals surface area contributed by atoms with Crippen molar-refractivity contribution in [1.29, 1.82) is 0 Å². The van der Waals surface area contributed by atoms with Crippen LogP contribution in [0.3, 0.4) is 0 Å². The topological polar surface area (TPSA) is 70.6 Å². The maximum atomic E-state index is 13.7. The summed E-state index contributed by atoms with van der Waals surface area (Å²) in [6.45, 7) is 10.8. The predicted molar refractivity (Wildman–Crippen MR) is 129 cm³/mol. The SMILES string of the molecule is CCN(CC)C(=O)CN(c1ccc2ncccc2c1)S(=O)(=O)c1ccc(C(C)(C)C)cc1. The van der Waals surface area contributed by atoms with Gasteiger partial charge < -0.3 is 4.90 Å². The number of fused-ring (bicyclic) bond motifs is 1. The van der Waals surface area contributed by atoms with Crippen LogP contribution in [-0.2, 0) is 20.2 Å². The van der Waals surface area contributed by atoms with Gasteiger partial charge in [0.05, 0.1) is 16.1 Å². The van der Waals surface area contributed by atoms with Crippen LogP contribution in [0.25, 0.3) is 10.9 Å². The van der Waals surface area contributed by atoms with Gasteiger partial charge in [0.25, 0.3) is 10.0 Å². The Bertz CT molecular complexity index is 1200. The van der Waals surface area contributed by atoms with E-state index in [-0.39, 0.29) is 22.8 Å². The average molecular weight is 454 g/mol. The Balaban J connectivity index is 2.08. The van der Waals surface area contributed by atoms with Crippen molar-refractivity contribution in [1.82, 2.24) is 9.88 Å². The number of aromatic nitrogens is 1. The molecule has 32 heavy (non-hydrogen) atoms. The van der Waals surface area contributed by atoms with E-state index in [0.717, 1.165) is 16.5 Å². The molecular formula is C25H31N3O3S. The summed E-state index contributed by atoms with van der Waals surface area (Å²) in [7, 11) is -3.96. The Kier molecular flexibility index (Phi) is 6.88. The Morgan fingerprint density at radius 2 is 1.62 bits per heavy atom. The number of amides is 1. The van der Waals surface area contributed by atoms with Crippen molar-refractivity contribution in [2.45, 2.75) is 44.9 Å². The standard InChI is InChI=1S/C25H31N3O3S/c1-6-27(7-2)24(29)18-28(21-12-15-23-19(17-21)9-8-16-26-23)32(30,31)22-13-10-20(11-14-22)25(3,4)5/h8-17H,6-7,18H2,1-5H3. The summed E-state index contributed by atoms with van der Waals surface area (Å²) in [5, 5.41) is 0.809. The summed E-state index contributed by atoms with van der Waals surface area (Å²) in [6.07, 6.45) is 1.69. The second-order valence-corrected chi connectivity index (χ2v) is 10.6. The van der Waals surface area contributed by atoms with Crippen LogP contribution < -0.4 is 4.31 Å². The molecule has 0 aliphatic heterocycles. The molecule has 0 saturated carbocycles. The number of likely N-dealkylation sites (N-methyl/N-ethyl adjacent to an activating group) is 1. The molecule has 1 heterocycles. The molecule has 6 nitrogen and oxygen atoms in total. The molecule has 1 amide bonds. The molecule has 170 valence electrons. The van der Waals surface area contributed by atoms with Crippen LogP contribution in [0.5, 0.6) is 0 Å². The van der Waals surface area contributed by atoms with Gasteiger partial charge in [-0.2, -0.15) is 0 Å². The molecule has 7 heteroatoms. The Hall–Kier alpha value is -2.93. The van der Waals surface area contributed by atoms with Crippen LogP contribution in [0.15, 0.2) is 65.7 Å². The minimum atomic E-state index is -3.96. The molecule has 0 unspecified atom stereocenters. The first-order chi connectivity index (χ1) is 15.1. The van der Waals surface area contributed by atoms with Crippen molar-refractivity contribution in [2.75, 3.05) is 23.9 Å². The Morgan fingerprint density at radius 3 is 2.22 bits per heavy atom. The van der Waals surface area contributed by atoms with E-state index in [4.69, 9.17) is 0 Å². The van der Waals surface area contributed by atoms with Gasteiger partial charge in [-0.1, -0.05) is 39.0 Å². The largest absolute Gasteiger partial charge is 0.342 e. The molecule has 0 N–H and O–H groups in total. The molecule has 0 aliphatic rings. The number of rotatable bonds is 7. The number of anilines is 1. The van der Waals surface area contributed by atoms with Gasteiger partial charge in [-0.25, -0.2) is 8.42 Å². The van der Waals surface area contributed by atoms with Crippen LogP contribution in [0.2, 0.25) is 0 Å². The molecule has 0 bridgehead atoms. The van der Waals surface area contributed by atoms with E-state index in [1.807, 2.05) is 32.0 Å². The fourth-order valence-electron chi connectivity index (χ4n) is 3.59. The van der Waals surface area contributed by atoms with E-state index >= 15 is 0 Å². The summed E-state index contributed by atoms with van der Waals surface area (Å²) in [6, 6.07) is 15.8. The van der Waals surface area contributed by atoms with Gasteiger partial charge in [0.15, 0.2) is 0 Å². The van der Waals surface area contributed by atoms with Gasteiger partial charge >= 0.3 is 0 Å². The molecule has 0 saturated heterocycles. The summed E-state index contributed by atoms with van der Waals surface area (Å²) in [5.74, 6) is -0.240. The number of benzene rings is 2. The average Bonchev–Trinajstić information content (AvgIpc) is 2.77. The van der Waals surface area contributed by atoms with E-state index in [1.54, 1.807) is 47.5 Å². The minimum Gasteiger partial charge on any atom is -0.342 e. The highest BCUT2D eigenvalue weighted by Crippen LogP contribution is 2.29. The number of carbonyl (C=O) groups is 1. The number of nitrogens with zero attached hydrogens (tertiary/aromatic N) is 3. The fourth-order valence-corrected chi connectivity index (χ4v) is 4.99. The first-order valence-electron chi connectivity index (χ1n) is 10.8. The van der Waals surface area contributed by atoms with Crippen LogP contribution in [0.4, 0.5) is 5.69 Å². The third kappa shape index (κ3) is 4.93. The zero-order valence-corrected chi connectivity index (χ0v) is 20.2. The van der Waals surface area contributed by atoms with E-state index in [2.05, 4.69) is 25.8 Å². The van der Waals surface area contributed by atoms with Crippen molar-refractivity contribution in [3.05, 3.63) is 66.4 Å². The number of sulfonamides is 1. The normalized spacial score (nSPS) is 12.0. The Morgan fingerprint density at radius 1 is 0.969 bits per heavy atom. The van der Waals surface area contributed by atoms with Crippen LogP contribution in [0.1, 0.15) is 40.2 Å². The van der Waals surface area contributed by atoms with Crippen molar-refractivity contribution in [2.24, 2.45) is 0 Å². The highest BCUT2D eigenvalue weighted by Gasteiger charge is 2.29. The monoisotopic (exact) mass is 453 g/mol. The molecule has 0 aliphatic carbocycles. The smallest absolute Gasteiger partial charge is 0.264 e. The second-order valence-electron chi connectivity index (χ2n) is 8.73. The summed E-state index contributed by atoms with van der Waals surface area (Å²) in [5.41, 5.74) is 2.15. The zero-order chi connectivity index (χ0) is 23.5. The first-order valence-corrected chi connectivity index (χ1v) is 12.3. The van der Waals surface area contributed by atoms with E-state index in [9.17, 15) is 13.2 Å². The van der Waals surface area contributed by atoms with Gasteiger partial charge in [0.2, 0.25) is 5.91 Å². The summed E-state index contributed by atoms with van der Waals surface area (Å²) in [4.78, 5) is 19.0. The molecule has 2 aromatic carbocycles. The second kappa shape index (κ2) is 9.28. The summed E-state index contributed by atoms with van der Waals surface area (Å²) < 4.78 is 28.6. The molecule has 0 radical (unpaired) electrons. The number of carbonyl (C=O) groups excluding carboxylic acids is 1. The third-order valence-electron chi connectivity index (χ3n) is 5.58. The predicted octanol–water partition coefficient (Wildman–Crippen LogP) is 4.60. The van der Waals surface area contributed by atoms with Crippen LogP contribution in [0, 0.1) is 0 Å². The van der Waals surface area contributed by atoms with Crippen molar-refractivity contribution in [3.8, 4) is 0 Å².